The van der Waals surface area contributed by atoms with Gasteiger partial charge in [0.15, 0.2) is 0 Å². The lowest BCUT2D eigenvalue weighted by molar-refractivity contribution is 0.0944. The molecule has 0 bridgehead atoms. The van der Waals surface area contributed by atoms with Crippen LogP contribution in [0.25, 0.3) is 0 Å². The quantitative estimate of drug-likeness (QED) is 0.792. The van der Waals surface area contributed by atoms with Gasteiger partial charge >= 0.3 is 0 Å². The third-order valence-electron chi connectivity index (χ3n) is 2.38. The van der Waals surface area contributed by atoms with Crippen LogP contribution in [0.2, 0.25) is 0 Å². The lowest BCUT2D eigenvalue weighted by Crippen LogP contribution is -2.45. The molecule has 1 heterocycles. The van der Waals surface area contributed by atoms with Crippen LogP contribution >= 0.6 is 0 Å². The van der Waals surface area contributed by atoms with E-state index in [-0.39, 0.29) is 17.4 Å². The van der Waals surface area contributed by atoms with E-state index in [0.29, 0.717) is 12.1 Å². The minimum Gasteiger partial charge on any atom is -0.472 e. The highest BCUT2D eigenvalue weighted by molar-refractivity contribution is 5.93. The van der Waals surface area contributed by atoms with Crippen LogP contribution in [0.15, 0.2) is 23.0 Å². The molecule has 1 rings (SSSR count). The smallest absolute Gasteiger partial charge is 0.254 e. The van der Waals surface area contributed by atoms with E-state index >= 15 is 0 Å². The zero-order valence-corrected chi connectivity index (χ0v) is 9.41. The van der Waals surface area contributed by atoms with Crippen molar-refractivity contribution >= 4 is 5.91 Å². The summed E-state index contributed by atoms with van der Waals surface area (Å²) >= 11 is 0. The number of nitrogens with two attached hydrogens (primary N) is 1. The largest absolute Gasteiger partial charge is 0.472 e. The number of nitrogens with one attached hydrogen (secondary N) is 1. The van der Waals surface area contributed by atoms with E-state index in [9.17, 15) is 4.79 Å². The van der Waals surface area contributed by atoms with E-state index < -0.39 is 0 Å². The molecule has 4 heteroatoms. The third-order valence-corrected chi connectivity index (χ3v) is 2.38. The Balaban J connectivity index is 2.42. The maximum Gasteiger partial charge on any atom is 0.254 e. The van der Waals surface area contributed by atoms with Crippen LogP contribution < -0.4 is 11.1 Å². The molecular weight excluding hydrogens is 192 g/mol. The second kappa shape index (κ2) is 4.49. The molecule has 3 N–H and O–H groups in total. The van der Waals surface area contributed by atoms with Crippen LogP contribution in [-0.2, 0) is 0 Å². The Morgan fingerprint density at radius 1 is 1.60 bits per heavy atom. The number of carbonyl (C=O) groups excluding carboxylic acids is 1. The predicted octanol–water partition coefficient (Wildman–Crippen LogP) is 1.38. The van der Waals surface area contributed by atoms with Crippen molar-refractivity contribution in [3.8, 4) is 0 Å². The van der Waals surface area contributed by atoms with Crippen molar-refractivity contribution in [2.45, 2.75) is 26.8 Å². The summed E-state index contributed by atoms with van der Waals surface area (Å²) in [5.74, 6) is -0.150. The van der Waals surface area contributed by atoms with Crippen molar-refractivity contribution in [1.29, 1.82) is 0 Å². The van der Waals surface area contributed by atoms with Crippen molar-refractivity contribution in [2.75, 3.05) is 6.54 Å². The van der Waals surface area contributed by atoms with Crippen LogP contribution in [0.4, 0.5) is 0 Å². The van der Waals surface area contributed by atoms with Crippen LogP contribution in [0.3, 0.4) is 0 Å². The van der Waals surface area contributed by atoms with E-state index in [0.717, 1.165) is 0 Å². The zero-order chi connectivity index (χ0) is 11.5. The topological polar surface area (TPSA) is 68.3 Å². The summed E-state index contributed by atoms with van der Waals surface area (Å²) < 4.78 is 4.82. The zero-order valence-electron chi connectivity index (χ0n) is 9.41. The molecule has 0 saturated carbocycles. The molecule has 0 fully saturated rings. The number of amides is 1. The molecule has 0 saturated heterocycles. The number of furan rings is 1. The Morgan fingerprint density at radius 3 is 2.73 bits per heavy atom. The normalized spacial score (nSPS) is 13.6. The standard InChI is InChI=1S/C11H18N2O2/c1-11(2,3)9(12)6-13-10(14)8-4-5-15-7-8/h4-5,7,9H,6,12H2,1-3H3,(H,13,14)/t9-/m1/s1. The fourth-order valence-corrected chi connectivity index (χ4v) is 1.00. The van der Waals surface area contributed by atoms with Gasteiger partial charge in [-0.1, -0.05) is 20.8 Å². The summed E-state index contributed by atoms with van der Waals surface area (Å²) in [4.78, 5) is 11.5. The molecule has 0 aliphatic heterocycles. The van der Waals surface area contributed by atoms with Gasteiger partial charge in [0.25, 0.3) is 5.91 Å². The van der Waals surface area contributed by atoms with Gasteiger partial charge in [0.1, 0.15) is 6.26 Å². The van der Waals surface area contributed by atoms with Crippen LogP contribution in [-0.4, -0.2) is 18.5 Å². The molecular formula is C11H18N2O2. The van der Waals surface area contributed by atoms with E-state index in [1.807, 2.05) is 20.8 Å². The summed E-state index contributed by atoms with van der Waals surface area (Å²) in [6, 6.07) is 1.56. The summed E-state index contributed by atoms with van der Waals surface area (Å²) in [7, 11) is 0. The first-order valence-electron chi connectivity index (χ1n) is 4.97. The molecule has 0 spiro atoms. The Hall–Kier alpha value is -1.29. The van der Waals surface area contributed by atoms with Gasteiger partial charge in [-0.2, -0.15) is 0 Å². The third kappa shape index (κ3) is 3.40. The summed E-state index contributed by atoms with van der Waals surface area (Å²) in [6.45, 7) is 6.60. The van der Waals surface area contributed by atoms with E-state index in [1.54, 1.807) is 6.07 Å². The van der Waals surface area contributed by atoms with Crippen LogP contribution in [0.5, 0.6) is 0 Å². The fraction of sp³-hybridized carbons (Fsp3) is 0.545. The minimum atomic E-state index is -0.150. The second-order valence-electron chi connectivity index (χ2n) is 4.69. The van der Waals surface area contributed by atoms with Crippen molar-refractivity contribution in [2.24, 2.45) is 11.1 Å². The first kappa shape index (κ1) is 11.8. The van der Waals surface area contributed by atoms with Crippen molar-refractivity contribution in [3.63, 3.8) is 0 Å². The molecule has 0 aliphatic rings. The molecule has 1 aromatic rings. The van der Waals surface area contributed by atoms with Crippen LogP contribution in [0.1, 0.15) is 31.1 Å². The summed E-state index contributed by atoms with van der Waals surface area (Å²) in [5, 5.41) is 2.77. The number of carbonyl (C=O) groups is 1. The van der Waals surface area contributed by atoms with Crippen LogP contribution in [0, 0.1) is 5.41 Å². The molecule has 1 amide bonds. The highest BCUT2D eigenvalue weighted by atomic mass is 16.3. The number of rotatable bonds is 3. The highest BCUT2D eigenvalue weighted by Gasteiger charge is 2.21. The average Bonchev–Trinajstić information content (AvgIpc) is 2.64. The van der Waals surface area contributed by atoms with Crippen molar-refractivity contribution < 1.29 is 9.21 Å². The molecule has 15 heavy (non-hydrogen) atoms. The van der Waals surface area contributed by atoms with Crippen molar-refractivity contribution in [1.82, 2.24) is 5.32 Å². The highest BCUT2D eigenvalue weighted by Crippen LogP contribution is 2.16. The Bertz CT molecular complexity index is 312. The van der Waals surface area contributed by atoms with Gasteiger partial charge in [0.05, 0.1) is 11.8 Å². The predicted molar refractivity (Wildman–Crippen MR) is 58.5 cm³/mol. The van der Waals surface area contributed by atoms with Gasteiger partial charge in [-0.3, -0.25) is 4.79 Å². The van der Waals surface area contributed by atoms with Gasteiger partial charge in [-0.25, -0.2) is 0 Å². The lowest BCUT2D eigenvalue weighted by atomic mass is 9.87. The lowest BCUT2D eigenvalue weighted by Gasteiger charge is -2.26. The average molecular weight is 210 g/mol. The number of hydrogen-bond acceptors (Lipinski definition) is 3. The maximum absolute atomic E-state index is 11.5. The Kier molecular flexibility index (Phi) is 3.52. The van der Waals surface area contributed by atoms with Gasteiger partial charge in [-0.15, -0.1) is 0 Å². The van der Waals surface area contributed by atoms with Gasteiger partial charge in [0, 0.05) is 12.6 Å². The first-order valence-corrected chi connectivity index (χ1v) is 4.97. The van der Waals surface area contributed by atoms with E-state index in [4.69, 9.17) is 10.2 Å². The maximum atomic E-state index is 11.5. The molecule has 1 atom stereocenters. The Morgan fingerprint density at radius 2 is 2.27 bits per heavy atom. The molecule has 1 aromatic heterocycles. The second-order valence-corrected chi connectivity index (χ2v) is 4.69. The van der Waals surface area contributed by atoms with Gasteiger partial charge in [-0.05, 0) is 11.5 Å². The Labute approximate surface area is 89.8 Å². The fourth-order valence-electron chi connectivity index (χ4n) is 1.00. The number of hydrogen-bond donors (Lipinski definition) is 2. The monoisotopic (exact) mass is 210 g/mol. The molecule has 0 radical (unpaired) electrons. The minimum absolute atomic E-state index is 0.0102. The summed E-state index contributed by atoms with van der Waals surface area (Å²) in [5.41, 5.74) is 6.43. The molecule has 4 nitrogen and oxygen atoms in total. The van der Waals surface area contributed by atoms with Gasteiger partial charge in [0.2, 0.25) is 0 Å². The SMILES string of the molecule is CC(C)(C)[C@H](N)CNC(=O)c1ccoc1. The van der Waals surface area contributed by atoms with E-state index in [1.165, 1.54) is 12.5 Å². The van der Waals surface area contributed by atoms with Crippen molar-refractivity contribution in [3.05, 3.63) is 24.2 Å². The molecule has 0 aromatic carbocycles. The van der Waals surface area contributed by atoms with E-state index in [2.05, 4.69) is 5.32 Å². The van der Waals surface area contributed by atoms with Gasteiger partial charge < -0.3 is 15.5 Å². The molecule has 0 unspecified atom stereocenters. The molecule has 84 valence electrons. The first-order chi connectivity index (χ1) is 6.91. The molecule has 0 aliphatic carbocycles. The summed E-state index contributed by atoms with van der Waals surface area (Å²) in [6.07, 6.45) is 2.89.